The van der Waals surface area contributed by atoms with Crippen molar-refractivity contribution in [2.24, 2.45) is 0 Å². The third-order valence-corrected chi connectivity index (χ3v) is 4.14. The highest BCUT2D eigenvalue weighted by Crippen LogP contribution is 2.33. The van der Waals surface area contributed by atoms with Crippen molar-refractivity contribution in [2.45, 2.75) is 6.42 Å². The molecule has 4 aromatic rings. The Kier molecular flexibility index (Phi) is 2.52. The first-order valence-electron chi connectivity index (χ1n) is 7.49. The van der Waals surface area contributed by atoms with Crippen LogP contribution >= 0.6 is 0 Å². The summed E-state index contributed by atoms with van der Waals surface area (Å²) in [6, 6.07) is 7.98. The molecule has 3 aromatic heterocycles. The molecule has 1 aromatic carbocycles. The second-order valence-electron chi connectivity index (χ2n) is 5.42. The highest BCUT2D eigenvalue weighted by Gasteiger charge is 2.20. The highest BCUT2D eigenvalue weighted by molar-refractivity contribution is 5.74. The number of benzene rings is 1. The molecule has 0 bridgehead atoms. The maximum atomic E-state index is 5.68. The van der Waals surface area contributed by atoms with Crippen LogP contribution in [0.4, 0.5) is 0 Å². The van der Waals surface area contributed by atoms with Crippen molar-refractivity contribution >= 4 is 5.65 Å². The fourth-order valence-corrected chi connectivity index (χ4v) is 3.11. The summed E-state index contributed by atoms with van der Waals surface area (Å²) >= 11 is 0. The van der Waals surface area contributed by atoms with Crippen molar-refractivity contribution in [1.82, 2.24) is 24.1 Å². The van der Waals surface area contributed by atoms with Crippen LogP contribution in [0.2, 0.25) is 0 Å². The molecule has 0 saturated carbocycles. The zero-order valence-corrected chi connectivity index (χ0v) is 12.3. The first-order chi connectivity index (χ1) is 11.4. The number of fused-ring (bicyclic) bond motifs is 2. The number of ether oxygens (including phenoxy) is 1. The zero-order chi connectivity index (χ0) is 15.2. The van der Waals surface area contributed by atoms with E-state index in [0.717, 1.165) is 41.5 Å². The van der Waals surface area contributed by atoms with Crippen molar-refractivity contribution in [3.63, 3.8) is 0 Å². The Balaban J connectivity index is 1.74. The predicted molar refractivity (Wildman–Crippen MR) is 84.7 cm³/mol. The summed E-state index contributed by atoms with van der Waals surface area (Å²) in [6.07, 6.45) is 10.1. The molecule has 4 heterocycles. The van der Waals surface area contributed by atoms with Crippen molar-refractivity contribution < 1.29 is 4.74 Å². The number of hydrogen-bond donors (Lipinski definition) is 0. The van der Waals surface area contributed by atoms with E-state index in [2.05, 4.69) is 25.7 Å². The maximum absolute atomic E-state index is 5.68. The van der Waals surface area contributed by atoms with E-state index in [4.69, 9.17) is 4.74 Å². The lowest BCUT2D eigenvalue weighted by molar-refractivity contribution is 0.357. The van der Waals surface area contributed by atoms with Gasteiger partial charge in [0.1, 0.15) is 11.6 Å². The normalized spacial score (nSPS) is 13.2. The SMILES string of the molecule is c1cc2c(c(-n3ccnc3-c3cnn4cccnc34)c1)CCO2. The van der Waals surface area contributed by atoms with Crippen LogP contribution in [-0.4, -0.2) is 30.8 Å². The molecular weight excluding hydrogens is 290 g/mol. The first-order valence-corrected chi connectivity index (χ1v) is 7.49. The van der Waals surface area contributed by atoms with Crippen LogP contribution in [0, 0.1) is 0 Å². The van der Waals surface area contributed by atoms with Crippen LogP contribution in [0.5, 0.6) is 5.75 Å². The minimum absolute atomic E-state index is 0.731. The predicted octanol–water partition coefficient (Wildman–Crippen LogP) is 2.52. The fraction of sp³-hybridized carbons (Fsp3) is 0.118. The Hall–Kier alpha value is -3.15. The van der Waals surface area contributed by atoms with Gasteiger partial charge >= 0.3 is 0 Å². The monoisotopic (exact) mass is 303 g/mol. The molecular formula is C17H13N5O. The van der Waals surface area contributed by atoms with E-state index in [0.29, 0.717) is 0 Å². The molecule has 23 heavy (non-hydrogen) atoms. The number of aromatic nitrogens is 5. The first kappa shape index (κ1) is 12.4. The fourth-order valence-electron chi connectivity index (χ4n) is 3.11. The van der Waals surface area contributed by atoms with E-state index in [1.54, 1.807) is 23.1 Å². The largest absolute Gasteiger partial charge is 0.493 e. The van der Waals surface area contributed by atoms with E-state index >= 15 is 0 Å². The van der Waals surface area contributed by atoms with Crippen LogP contribution in [0.1, 0.15) is 5.56 Å². The van der Waals surface area contributed by atoms with E-state index in [1.165, 1.54) is 5.56 Å². The Labute approximate surface area is 132 Å². The Morgan fingerprint density at radius 1 is 1.04 bits per heavy atom. The highest BCUT2D eigenvalue weighted by atomic mass is 16.5. The summed E-state index contributed by atoms with van der Waals surface area (Å²) in [5.41, 5.74) is 4.02. The molecule has 0 spiro atoms. The van der Waals surface area contributed by atoms with Gasteiger partial charge in [-0.25, -0.2) is 14.5 Å². The lowest BCUT2D eigenvalue weighted by Crippen LogP contribution is -2.00. The maximum Gasteiger partial charge on any atom is 0.165 e. The summed E-state index contributed by atoms with van der Waals surface area (Å²) in [5.74, 6) is 1.79. The van der Waals surface area contributed by atoms with Gasteiger partial charge in [-0.3, -0.25) is 4.57 Å². The average Bonchev–Trinajstić information content (AvgIpc) is 3.32. The van der Waals surface area contributed by atoms with Crippen LogP contribution in [0.25, 0.3) is 22.7 Å². The van der Waals surface area contributed by atoms with Crippen LogP contribution in [-0.2, 0) is 6.42 Å². The van der Waals surface area contributed by atoms with E-state index in [-0.39, 0.29) is 0 Å². The summed E-state index contributed by atoms with van der Waals surface area (Å²) in [7, 11) is 0. The number of imidazole rings is 1. The van der Waals surface area contributed by atoms with E-state index in [1.807, 2.05) is 30.6 Å². The molecule has 6 heteroatoms. The zero-order valence-electron chi connectivity index (χ0n) is 12.3. The van der Waals surface area contributed by atoms with Gasteiger partial charge in [0.2, 0.25) is 0 Å². The number of nitrogens with zero attached hydrogens (tertiary/aromatic N) is 5. The van der Waals surface area contributed by atoms with Gasteiger partial charge in [0.25, 0.3) is 0 Å². The topological polar surface area (TPSA) is 57.2 Å². The van der Waals surface area contributed by atoms with Crippen molar-refractivity contribution in [2.75, 3.05) is 6.61 Å². The molecule has 5 rings (SSSR count). The molecule has 0 N–H and O–H groups in total. The molecule has 0 fully saturated rings. The summed E-state index contributed by atoms with van der Waals surface area (Å²) < 4.78 is 9.51. The summed E-state index contributed by atoms with van der Waals surface area (Å²) in [6.45, 7) is 0.731. The molecule has 0 atom stereocenters. The second kappa shape index (κ2) is 4.67. The van der Waals surface area contributed by atoms with Gasteiger partial charge in [-0.1, -0.05) is 6.07 Å². The Morgan fingerprint density at radius 2 is 2.04 bits per heavy atom. The minimum atomic E-state index is 0.731. The van der Waals surface area contributed by atoms with E-state index in [9.17, 15) is 0 Å². The quantitative estimate of drug-likeness (QED) is 0.571. The van der Waals surface area contributed by atoms with Crippen molar-refractivity contribution in [1.29, 1.82) is 0 Å². The molecule has 0 amide bonds. The minimum Gasteiger partial charge on any atom is -0.493 e. The third kappa shape index (κ3) is 1.78. The molecule has 0 radical (unpaired) electrons. The summed E-state index contributed by atoms with van der Waals surface area (Å²) in [5, 5.41) is 4.36. The van der Waals surface area contributed by atoms with Gasteiger partial charge in [0, 0.05) is 36.8 Å². The lowest BCUT2D eigenvalue weighted by Gasteiger charge is -2.10. The second-order valence-corrected chi connectivity index (χ2v) is 5.42. The van der Waals surface area contributed by atoms with Gasteiger partial charge in [-0.05, 0) is 18.2 Å². The van der Waals surface area contributed by atoms with Crippen LogP contribution in [0.15, 0.2) is 55.2 Å². The Bertz CT molecular complexity index is 1020. The smallest absolute Gasteiger partial charge is 0.165 e. The lowest BCUT2D eigenvalue weighted by atomic mass is 10.1. The van der Waals surface area contributed by atoms with Gasteiger partial charge in [0.05, 0.1) is 24.1 Å². The standard InChI is InChI=1S/C17H13N5O/c1-3-14(12-5-10-23-15(12)4-1)21-9-7-19-16(21)13-11-20-22-8-2-6-18-17(13)22/h1-4,6-9,11H,5,10H2. The van der Waals surface area contributed by atoms with E-state index < -0.39 is 0 Å². The molecule has 6 nitrogen and oxygen atoms in total. The van der Waals surface area contributed by atoms with Crippen molar-refractivity contribution in [3.05, 3.63) is 60.8 Å². The van der Waals surface area contributed by atoms with Gasteiger partial charge < -0.3 is 4.74 Å². The molecule has 0 unspecified atom stereocenters. The molecule has 112 valence electrons. The van der Waals surface area contributed by atoms with Crippen LogP contribution in [0.3, 0.4) is 0 Å². The molecule has 1 aliphatic heterocycles. The number of rotatable bonds is 2. The van der Waals surface area contributed by atoms with Crippen molar-refractivity contribution in [3.8, 4) is 22.8 Å². The van der Waals surface area contributed by atoms with Gasteiger partial charge in [-0.15, -0.1) is 0 Å². The summed E-state index contributed by atoms with van der Waals surface area (Å²) in [4.78, 5) is 8.97. The molecule has 0 aliphatic carbocycles. The third-order valence-electron chi connectivity index (χ3n) is 4.14. The molecule has 1 aliphatic rings. The molecule has 0 saturated heterocycles. The number of hydrogen-bond acceptors (Lipinski definition) is 4. The van der Waals surface area contributed by atoms with Crippen LogP contribution < -0.4 is 4.74 Å². The Morgan fingerprint density at radius 3 is 3.04 bits per heavy atom. The van der Waals surface area contributed by atoms with Gasteiger partial charge in [0.15, 0.2) is 5.65 Å². The van der Waals surface area contributed by atoms with Gasteiger partial charge in [-0.2, -0.15) is 5.10 Å². The average molecular weight is 303 g/mol.